The summed E-state index contributed by atoms with van der Waals surface area (Å²) >= 11 is 0. The maximum atomic E-state index is 12.5. The lowest BCUT2D eigenvalue weighted by Crippen LogP contribution is -2.32. The predicted molar refractivity (Wildman–Crippen MR) is 139 cm³/mol. The molecule has 1 aliphatic carbocycles. The first-order valence-electron chi connectivity index (χ1n) is 12.4. The first kappa shape index (κ1) is 24.9. The van der Waals surface area contributed by atoms with E-state index in [9.17, 15) is 15.2 Å². The topological polar surface area (TPSA) is 105 Å². The Morgan fingerprint density at radius 3 is 2.46 bits per heavy atom. The number of carbonyl (C=O) groups excluding carboxylic acids is 1. The minimum absolute atomic E-state index is 0.0400. The summed E-state index contributed by atoms with van der Waals surface area (Å²) in [5.74, 6) is 2.68. The van der Waals surface area contributed by atoms with Gasteiger partial charge in [-0.05, 0) is 55.4 Å². The molecule has 1 aliphatic rings. The van der Waals surface area contributed by atoms with Gasteiger partial charge in [0.2, 0.25) is 0 Å². The van der Waals surface area contributed by atoms with Crippen molar-refractivity contribution in [1.82, 2.24) is 15.3 Å². The summed E-state index contributed by atoms with van der Waals surface area (Å²) in [6, 6.07) is 14.4. The van der Waals surface area contributed by atoms with Crippen molar-refractivity contribution in [3.63, 3.8) is 0 Å². The molecule has 0 unspecified atom stereocenters. The molecule has 1 heterocycles. The van der Waals surface area contributed by atoms with E-state index in [1.807, 2.05) is 37.2 Å². The number of para-hydroxylation sites is 2. The third-order valence-corrected chi connectivity index (χ3v) is 6.94. The summed E-state index contributed by atoms with van der Waals surface area (Å²) in [6.07, 6.45) is 7.58. The molecule has 1 fully saturated rings. The molecule has 0 aliphatic heterocycles. The lowest BCUT2D eigenvalue weighted by molar-refractivity contribution is 0.0940. The fourth-order valence-electron chi connectivity index (χ4n) is 5.00. The van der Waals surface area contributed by atoms with Crippen LogP contribution in [-0.4, -0.2) is 41.7 Å². The molecule has 0 bridgehead atoms. The molecule has 1 aromatic heterocycles. The number of rotatable bonds is 9. The van der Waals surface area contributed by atoms with Crippen LogP contribution in [0.5, 0.6) is 0 Å². The number of amides is 1. The van der Waals surface area contributed by atoms with Gasteiger partial charge in [-0.15, -0.1) is 0 Å². The average Bonchev–Trinajstić information content (AvgIpc) is 2.87. The molecule has 2 aromatic carbocycles. The fraction of sp³-hybridized carbons (Fsp3) is 0.444. The Kier molecular flexibility index (Phi) is 8.15. The molecule has 8 nitrogen and oxygen atoms in total. The first-order chi connectivity index (χ1) is 16.9. The maximum absolute atomic E-state index is 12.5. The second-order valence-electron chi connectivity index (χ2n) is 9.65. The second-order valence-corrected chi connectivity index (χ2v) is 9.65. The zero-order valence-electron chi connectivity index (χ0n) is 20.5. The highest BCUT2D eigenvalue weighted by molar-refractivity contribution is 5.99. The Bertz CT molecular complexity index is 1140. The predicted octanol–water partition coefficient (Wildman–Crippen LogP) is 4.95. The standard InChI is InChI=1S/C27H34N5O3/c1-31(2)26-21-9-3-5-11-23(21)29-25(30-26)13-7-8-19-14-16-20(17-15-19)18-28-27(33)22-10-4-6-12-24(22)32(34)35/h3-6,9-12,19-20,34H,7-8,13-18H2,1-2H3,(H,28,33)/q-1. The molecule has 2 N–H and O–H groups in total. The molecule has 0 spiro atoms. The van der Waals surface area contributed by atoms with Gasteiger partial charge in [0, 0.05) is 32.4 Å². The highest BCUT2D eigenvalue weighted by Gasteiger charge is 2.22. The number of benzene rings is 2. The first-order valence-corrected chi connectivity index (χ1v) is 12.4. The number of anilines is 2. The Morgan fingerprint density at radius 1 is 1.03 bits per heavy atom. The molecule has 0 atom stereocenters. The van der Waals surface area contributed by atoms with E-state index in [1.54, 1.807) is 18.2 Å². The molecular formula is C27H34N5O3-. The smallest absolute Gasteiger partial charge is 0.253 e. The summed E-state index contributed by atoms with van der Waals surface area (Å²) in [4.78, 5) is 24.1. The van der Waals surface area contributed by atoms with Gasteiger partial charge in [0.15, 0.2) is 0 Å². The van der Waals surface area contributed by atoms with Crippen LogP contribution in [0.4, 0.5) is 11.5 Å². The lowest BCUT2D eigenvalue weighted by Gasteiger charge is -2.29. The van der Waals surface area contributed by atoms with Crippen LogP contribution in [0.3, 0.4) is 0 Å². The maximum Gasteiger partial charge on any atom is 0.253 e. The molecule has 1 saturated carbocycles. The largest absolute Gasteiger partial charge is 0.733 e. The summed E-state index contributed by atoms with van der Waals surface area (Å²) in [7, 11) is 4.03. The monoisotopic (exact) mass is 476 g/mol. The van der Waals surface area contributed by atoms with Crippen molar-refractivity contribution in [3.05, 3.63) is 65.1 Å². The van der Waals surface area contributed by atoms with Crippen molar-refractivity contribution in [1.29, 1.82) is 0 Å². The van der Waals surface area contributed by atoms with Gasteiger partial charge >= 0.3 is 0 Å². The van der Waals surface area contributed by atoms with Gasteiger partial charge in [-0.3, -0.25) is 10.0 Å². The molecule has 0 saturated heterocycles. The molecule has 3 aromatic rings. The molecule has 0 radical (unpaired) electrons. The fourth-order valence-corrected chi connectivity index (χ4v) is 5.00. The van der Waals surface area contributed by atoms with Gasteiger partial charge in [-0.1, -0.05) is 43.5 Å². The van der Waals surface area contributed by atoms with E-state index in [1.165, 1.54) is 6.07 Å². The number of fused-ring (bicyclic) bond motifs is 1. The minimum Gasteiger partial charge on any atom is -0.733 e. The number of hydrogen-bond donors (Lipinski definition) is 2. The van der Waals surface area contributed by atoms with E-state index in [4.69, 9.17) is 9.97 Å². The molecule has 1 amide bonds. The van der Waals surface area contributed by atoms with Crippen molar-refractivity contribution >= 4 is 28.3 Å². The van der Waals surface area contributed by atoms with Gasteiger partial charge in [0.25, 0.3) is 5.91 Å². The van der Waals surface area contributed by atoms with Crippen LogP contribution < -0.4 is 15.4 Å². The number of aromatic nitrogens is 2. The summed E-state index contributed by atoms with van der Waals surface area (Å²) in [5.41, 5.74) is 1.14. The molecule has 8 heteroatoms. The van der Waals surface area contributed by atoms with Gasteiger partial charge in [0.1, 0.15) is 11.6 Å². The Balaban J connectivity index is 1.22. The third kappa shape index (κ3) is 6.26. The number of aryl methyl sites for hydroxylation is 1. The second kappa shape index (κ2) is 11.5. The number of carbonyl (C=O) groups is 1. The van der Waals surface area contributed by atoms with Crippen LogP contribution in [0.1, 0.15) is 54.7 Å². The summed E-state index contributed by atoms with van der Waals surface area (Å²) in [5, 5.41) is 24.2. The molecule has 186 valence electrons. The summed E-state index contributed by atoms with van der Waals surface area (Å²) < 4.78 is 0. The summed E-state index contributed by atoms with van der Waals surface area (Å²) in [6.45, 7) is 0.586. The van der Waals surface area contributed by atoms with Gasteiger partial charge in [0.05, 0.1) is 16.8 Å². The molecule has 4 rings (SSSR count). The van der Waals surface area contributed by atoms with E-state index in [-0.39, 0.29) is 22.4 Å². The zero-order chi connectivity index (χ0) is 24.8. The minimum atomic E-state index is -0.329. The number of nitrogens with zero attached hydrogens (tertiary/aromatic N) is 4. The van der Waals surface area contributed by atoms with Crippen LogP contribution >= 0.6 is 0 Å². The Morgan fingerprint density at radius 2 is 1.71 bits per heavy atom. The van der Waals surface area contributed by atoms with Crippen molar-refractivity contribution in [3.8, 4) is 0 Å². The number of nitrogens with one attached hydrogen (secondary N) is 1. The van der Waals surface area contributed by atoms with Crippen molar-refractivity contribution in [2.45, 2.75) is 44.9 Å². The normalized spacial score (nSPS) is 17.8. The van der Waals surface area contributed by atoms with Gasteiger partial charge in [-0.25, -0.2) is 9.97 Å². The average molecular weight is 477 g/mol. The van der Waals surface area contributed by atoms with Gasteiger partial charge in [-0.2, -0.15) is 0 Å². The van der Waals surface area contributed by atoms with Crippen LogP contribution in [0.2, 0.25) is 0 Å². The van der Waals surface area contributed by atoms with E-state index >= 15 is 0 Å². The highest BCUT2D eigenvalue weighted by Crippen LogP contribution is 2.32. The SMILES string of the molecule is CN(C)c1nc(CCCC2CCC(CNC(=O)c3ccccc3N([O-])O)CC2)nc2ccccc12. The highest BCUT2D eigenvalue weighted by atomic mass is 16.8. The van der Waals surface area contributed by atoms with Crippen molar-refractivity contribution in [2.24, 2.45) is 11.8 Å². The quantitative estimate of drug-likeness (QED) is 0.421. The van der Waals surface area contributed by atoms with E-state index in [0.29, 0.717) is 18.4 Å². The molecule has 35 heavy (non-hydrogen) atoms. The van der Waals surface area contributed by atoms with E-state index in [2.05, 4.69) is 11.4 Å². The molecular weight excluding hydrogens is 442 g/mol. The van der Waals surface area contributed by atoms with Crippen molar-refractivity contribution in [2.75, 3.05) is 30.8 Å². The van der Waals surface area contributed by atoms with E-state index in [0.717, 1.165) is 67.5 Å². The lowest BCUT2D eigenvalue weighted by atomic mass is 9.80. The Labute approximate surface area is 206 Å². The third-order valence-electron chi connectivity index (χ3n) is 6.94. The zero-order valence-corrected chi connectivity index (χ0v) is 20.5. The Hall–Kier alpha value is -3.23. The van der Waals surface area contributed by atoms with Crippen LogP contribution in [0.15, 0.2) is 48.5 Å². The van der Waals surface area contributed by atoms with Gasteiger partial charge < -0.3 is 20.7 Å². The van der Waals surface area contributed by atoms with Crippen molar-refractivity contribution < 1.29 is 10.0 Å². The van der Waals surface area contributed by atoms with Crippen LogP contribution in [-0.2, 0) is 6.42 Å². The van der Waals surface area contributed by atoms with Crippen LogP contribution in [0.25, 0.3) is 10.9 Å². The van der Waals surface area contributed by atoms with Crippen LogP contribution in [0, 0.1) is 17.0 Å². The van der Waals surface area contributed by atoms with E-state index < -0.39 is 0 Å². The number of hydrogen-bond acceptors (Lipinski definition) is 7.